The quantitative estimate of drug-likeness (QED) is 0.808. The fraction of sp³-hybridized carbons (Fsp3) is 0.857. The van der Waals surface area contributed by atoms with E-state index in [0.29, 0.717) is 0 Å². The van der Waals surface area contributed by atoms with Gasteiger partial charge in [0.2, 0.25) is 5.91 Å². The molecule has 3 fully saturated rings. The summed E-state index contributed by atoms with van der Waals surface area (Å²) in [7, 11) is 0. The molecule has 2 heterocycles. The fourth-order valence-electron chi connectivity index (χ4n) is 3.87. The largest absolute Gasteiger partial charge is 0.481 e. The number of amides is 1. The van der Waals surface area contributed by atoms with Crippen molar-refractivity contribution in [2.24, 2.45) is 11.8 Å². The smallest absolute Gasteiger partial charge is 0.310 e. The van der Waals surface area contributed by atoms with E-state index in [1.807, 2.05) is 0 Å². The molecule has 2 aliphatic heterocycles. The molecule has 1 amide bonds. The van der Waals surface area contributed by atoms with E-state index in [9.17, 15) is 14.7 Å². The Hall–Kier alpha value is -1.10. The number of carboxylic acid groups (broad SMARTS) is 1. The summed E-state index contributed by atoms with van der Waals surface area (Å²) < 4.78 is 5.63. The van der Waals surface area contributed by atoms with Gasteiger partial charge in [0, 0.05) is 6.04 Å². The van der Waals surface area contributed by atoms with Gasteiger partial charge < -0.3 is 15.2 Å². The van der Waals surface area contributed by atoms with Crippen LogP contribution in [0.2, 0.25) is 0 Å². The molecule has 2 bridgehead atoms. The molecule has 3 rings (SSSR count). The first-order valence-corrected chi connectivity index (χ1v) is 7.35. The van der Waals surface area contributed by atoms with Gasteiger partial charge in [-0.25, -0.2) is 0 Å². The van der Waals surface area contributed by atoms with Gasteiger partial charge >= 0.3 is 5.97 Å². The van der Waals surface area contributed by atoms with Gasteiger partial charge in [-0.2, -0.15) is 0 Å². The minimum atomic E-state index is -0.893. The van der Waals surface area contributed by atoms with E-state index in [4.69, 9.17) is 4.74 Å². The van der Waals surface area contributed by atoms with Gasteiger partial charge in [-0.3, -0.25) is 9.59 Å². The summed E-state index contributed by atoms with van der Waals surface area (Å²) in [6, 6.07) is 0.231. The van der Waals surface area contributed by atoms with Gasteiger partial charge in [0.15, 0.2) is 0 Å². The van der Waals surface area contributed by atoms with Crippen molar-refractivity contribution in [1.82, 2.24) is 5.32 Å². The van der Waals surface area contributed by atoms with E-state index in [-0.39, 0.29) is 24.2 Å². The van der Waals surface area contributed by atoms with Crippen molar-refractivity contribution in [1.29, 1.82) is 0 Å². The predicted molar refractivity (Wildman–Crippen MR) is 67.5 cm³/mol. The maximum absolute atomic E-state index is 12.4. The van der Waals surface area contributed by atoms with Gasteiger partial charge in [-0.15, -0.1) is 0 Å². The lowest BCUT2D eigenvalue weighted by Gasteiger charge is -2.28. The van der Waals surface area contributed by atoms with E-state index in [1.165, 1.54) is 6.42 Å². The first-order valence-electron chi connectivity index (χ1n) is 7.35. The molecule has 0 aromatic carbocycles. The molecule has 5 heteroatoms. The zero-order valence-corrected chi connectivity index (χ0v) is 11.0. The molecule has 5 nitrogen and oxygen atoms in total. The fourth-order valence-corrected chi connectivity index (χ4v) is 3.87. The summed E-state index contributed by atoms with van der Waals surface area (Å²) >= 11 is 0. The third kappa shape index (κ3) is 2.36. The van der Waals surface area contributed by atoms with Crippen molar-refractivity contribution < 1.29 is 19.4 Å². The number of aliphatic carboxylic acids is 1. The number of fused-ring (bicyclic) bond motifs is 2. The van der Waals surface area contributed by atoms with Crippen LogP contribution in [0, 0.1) is 11.8 Å². The highest BCUT2D eigenvalue weighted by atomic mass is 16.5. The van der Waals surface area contributed by atoms with Crippen LogP contribution in [0.4, 0.5) is 0 Å². The number of hydrogen-bond acceptors (Lipinski definition) is 3. The number of hydrogen-bond donors (Lipinski definition) is 2. The number of carbonyl (C=O) groups is 2. The Labute approximate surface area is 112 Å². The van der Waals surface area contributed by atoms with E-state index in [2.05, 4.69) is 5.32 Å². The molecule has 0 aromatic rings. The van der Waals surface area contributed by atoms with Gasteiger partial charge in [-0.1, -0.05) is 19.3 Å². The number of nitrogens with one attached hydrogen (secondary N) is 1. The molecular weight excluding hydrogens is 246 g/mol. The molecule has 0 unspecified atom stereocenters. The van der Waals surface area contributed by atoms with Crippen LogP contribution in [0.25, 0.3) is 0 Å². The molecule has 19 heavy (non-hydrogen) atoms. The Bertz CT molecular complexity index is 378. The van der Waals surface area contributed by atoms with Crippen LogP contribution in [0.1, 0.15) is 44.9 Å². The lowest BCUT2D eigenvalue weighted by molar-refractivity contribution is -0.148. The van der Waals surface area contributed by atoms with Crippen LogP contribution in [0.3, 0.4) is 0 Å². The highest BCUT2D eigenvalue weighted by Crippen LogP contribution is 2.43. The third-order valence-corrected chi connectivity index (χ3v) is 4.81. The second-order valence-electron chi connectivity index (χ2n) is 6.02. The second-order valence-corrected chi connectivity index (χ2v) is 6.02. The van der Waals surface area contributed by atoms with Gasteiger partial charge in [0.25, 0.3) is 0 Å². The molecule has 0 spiro atoms. The van der Waals surface area contributed by atoms with Gasteiger partial charge in [0.05, 0.1) is 24.0 Å². The summed E-state index contributed by atoms with van der Waals surface area (Å²) in [4.78, 5) is 23.7. The summed E-state index contributed by atoms with van der Waals surface area (Å²) in [6.45, 7) is 0. The topological polar surface area (TPSA) is 75.6 Å². The van der Waals surface area contributed by atoms with E-state index >= 15 is 0 Å². The molecule has 0 aromatic heterocycles. The molecular formula is C14H21NO4. The van der Waals surface area contributed by atoms with Crippen LogP contribution in [-0.4, -0.2) is 35.2 Å². The molecule has 2 saturated heterocycles. The average Bonchev–Trinajstić information content (AvgIpc) is 2.99. The number of ether oxygens (including phenoxy) is 1. The van der Waals surface area contributed by atoms with Crippen molar-refractivity contribution in [3.8, 4) is 0 Å². The Kier molecular flexibility index (Phi) is 3.48. The minimum absolute atomic E-state index is 0.105. The van der Waals surface area contributed by atoms with E-state index < -0.39 is 17.8 Å². The minimum Gasteiger partial charge on any atom is -0.481 e. The van der Waals surface area contributed by atoms with Crippen molar-refractivity contribution >= 4 is 11.9 Å². The van der Waals surface area contributed by atoms with Crippen LogP contribution in [0.15, 0.2) is 0 Å². The predicted octanol–water partition coefficient (Wildman–Crippen LogP) is 1.31. The Balaban J connectivity index is 1.66. The van der Waals surface area contributed by atoms with Crippen molar-refractivity contribution in [2.75, 3.05) is 0 Å². The highest BCUT2D eigenvalue weighted by Gasteiger charge is 2.55. The van der Waals surface area contributed by atoms with Crippen LogP contribution >= 0.6 is 0 Å². The Morgan fingerprint density at radius 1 is 0.947 bits per heavy atom. The van der Waals surface area contributed by atoms with Gasteiger partial charge in [0.1, 0.15) is 0 Å². The second kappa shape index (κ2) is 5.12. The highest BCUT2D eigenvalue weighted by molar-refractivity contribution is 5.86. The van der Waals surface area contributed by atoms with Crippen molar-refractivity contribution in [3.05, 3.63) is 0 Å². The summed E-state index contributed by atoms with van der Waals surface area (Å²) in [5, 5.41) is 12.3. The maximum atomic E-state index is 12.4. The summed E-state index contributed by atoms with van der Waals surface area (Å²) in [5.41, 5.74) is 0. The molecule has 0 radical (unpaired) electrons. The zero-order valence-electron chi connectivity index (χ0n) is 11.0. The van der Waals surface area contributed by atoms with Crippen molar-refractivity contribution in [3.63, 3.8) is 0 Å². The Morgan fingerprint density at radius 3 is 2.21 bits per heavy atom. The normalized spacial score (nSPS) is 38.3. The Morgan fingerprint density at radius 2 is 1.58 bits per heavy atom. The molecule has 2 N–H and O–H groups in total. The first-order chi connectivity index (χ1) is 9.16. The zero-order chi connectivity index (χ0) is 13.4. The lowest BCUT2D eigenvalue weighted by Crippen LogP contribution is -2.47. The average molecular weight is 267 g/mol. The summed E-state index contributed by atoms with van der Waals surface area (Å²) in [5.74, 6) is -2.14. The number of carboxylic acids is 1. The maximum Gasteiger partial charge on any atom is 0.310 e. The molecule has 106 valence electrons. The SMILES string of the molecule is O=C(O)[C@@H]1[C@@H](C(=O)NC2CCCCC2)[C@H]2CC[C@@H]1O2. The lowest BCUT2D eigenvalue weighted by atomic mass is 9.78. The standard InChI is InChI=1S/C14H21NO4/c16-13(15-8-4-2-1-3-5-8)11-9-6-7-10(19-9)12(11)14(17)18/h8-12H,1-7H2,(H,15,16)(H,17,18)/t9-,10+,11+,12+/m1/s1. The van der Waals surface area contributed by atoms with E-state index in [1.54, 1.807) is 0 Å². The van der Waals surface area contributed by atoms with Crippen LogP contribution in [-0.2, 0) is 14.3 Å². The third-order valence-electron chi connectivity index (χ3n) is 4.81. The van der Waals surface area contributed by atoms with Gasteiger partial charge in [-0.05, 0) is 25.7 Å². The molecule has 1 saturated carbocycles. The molecule has 1 aliphatic carbocycles. The monoisotopic (exact) mass is 267 g/mol. The van der Waals surface area contributed by atoms with Crippen molar-refractivity contribution in [2.45, 2.75) is 63.2 Å². The number of carbonyl (C=O) groups excluding carboxylic acids is 1. The molecule has 3 aliphatic rings. The first kappa shape index (κ1) is 12.9. The molecule has 4 atom stereocenters. The van der Waals surface area contributed by atoms with Crippen LogP contribution in [0.5, 0.6) is 0 Å². The van der Waals surface area contributed by atoms with E-state index in [0.717, 1.165) is 38.5 Å². The summed E-state index contributed by atoms with van der Waals surface area (Å²) in [6.07, 6.45) is 6.73. The van der Waals surface area contributed by atoms with Crippen LogP contribution < -0.4 is 5.32 Å². The number of rotatable bonds is 3.